The Balaban J connectivity index is 1.24. The fourth-order valence-corrected chi connectivity index (χ4v) is 4.79. The highest BCUT2D eigenvalue weighted by molar-refractivity contribution is 8.00. The number of carbonyl (C=O) groups is 2. The van der Waals surface area contributed by atoms with Crippen molar-refractivity contribution >= 4 is 52.3 Å². The van der Waals surface area contributed by atoms with Gasteiger partial charge in [0.15, 0.2) is 5.78 Å². The average molecular weight is 465 g/mol. The maximum Gasteiger partial charge on any atom is 0.230 e. The van der Waals surface area contributed by atoms with Gasteiger partial charge in [-0.15, -0.1) is 11.8 Å². The van der Waals surface area contributed by atoms with Gasteiger partial charge in [-0.3, -0.25) is 9.59 Å². The van der Waals surface area contributed by atoms with Crippen LogP contribution >= 0.6 is 35.0 Å². The lowest BCUT2D eigenvalue weighted by atomic mass is 10.1. The summed E-state index contributed by atoms with van der Waals surface area (Å²) in [6, 6.07) is 11.4. The third-order valence-electron chi connectivity index (χ3n) is 5.30. The van der Waals surface area contributed by atoms with Crippen LogP contribution in [0, 0.1) is 0 Å². The van der Waals surface area contributed by atoms with Crippen molar-refractivity contribution in [3.8, 4) is 0 Å². The van der Waals surface area contributed by atoms with Crippen molar-refractivity contribution in [1.29, 1.82) is 0 Å². The van der Waals surface area contributed by atoms with Gasteiger partial charge in [0, 0.05) is 42.2 Å². The number of nitrogens with zero attached hydrogens (tertiary/aromatic N) is 1. The molecule has 1 heterocycles. The van der Waals surface area contributed by atoms with Gasteiger partial charge in [0.25, 0.3) is 0 Å². The molecule has 1 saturated heterocycles. The molecule has 0 bridgehead atoms. The van der Waals surface area contributed by atoms with Crippen molar-refractivity contribution in [2.45, 2.75) is 23.8 Å². The average Bonchev–Trinajstić information content (AvgIpc) is 3.13. The van der Waals surface area contributed by atoms with Gasteiger partial charge in [0.2, 0.25) is 5.91 Å². The molecule has 8 heteroatoms. The first-order chi connectivity index (χ1) is 14.5. The Labute approximate surface area is 190 Å². The number of hydrogen-bond donors (Lipinski definition) is 1. The van der Waals surface area contributed by atoms with Gasteiger partial charge in [0.1, 0.15) is 0 Å². The summed E-state index contributed by atoms with van der Waals surface area (Å²) in [5, 5.41) is 4.02. The van der Waals surface area contributed by atoms with Gasteiger partial charge in [-0.1, -0.05) is 29.3 Å². The number of fused-ring (bicyclic) bond motifs is 1. The number of anilines is 1. The van der Waals surface area contributed by atoms with Crippen LogP contribution in [0.3, 0.4) is 0 Å². The number of hydrogen-bond acceptors (Lipinski definition) is 5. The van der Waals surface area contributed by atoms with E-state index in [4.69, 9.17) is 27.9 Å². The number of amides is 1. The van der Waals surface area contributed by atoms with Crippen LogP contribution in [0.1, 0.15) is 22.3 Å². The minimum Gasteiger partial charge on any atom is -0.373 e. The lowest BCUT2D eigenvalue weighted by molar-refractivity contribution is -0.119. The Hall–Kier alpha value is -1.73. The van der Waals surface area contributed by atoms with Crippen LogP contribution in [-0.2, 0) is 16.0 Å². The molecule has 158 valence electrons. The third kappa shape index (κ3) is 5.11. The minimum absolute atomic E-state index is 0.0353. The maximum absolute atomic E-state index is 12.3. The van der Waals surface area contributed by atoms with E-state index in [1.54, 1.807) is 6.07 Å². The number of ketones is 1. The molecule has 0 spiro atoms. The number of nitrogens with one attached hydrogen (secondary N) is 1. The number of halogens is 2. The predicted octanol–water partition coefficient (Wildman–Crippen LogP) is 4.24. The van der Waals surface area contributed by atoms with E-state index < -0.39 is 0 Å². The number of thioether (sulfide) groups is 1. The van der Waals surface area contributed by atoms with Crippen molar-refractivity contribution in [3.63, 3.8) is 0 Å². The first kappa shape index (κ1) is 21.5. The van der Waals surface area contributed by atoms with Gasteiger partial charge in [-0.05, 0) is 42.3 Å². The van der Waals surface area contributed by atoms with Crippen LogP contribution in [0.4, 0.5) is 5.69 Å². The Morgan fingerprint density at radius 3 is 2.87 bits per heavy atom. The summed E-state index contributed by atoms with van der Waals surface area (Å²) in [5.41, 5.74) is 2.91. The summed E-state index contributed by atoms with van der Waals surface area (Å²) < 4.78 is 5.80. The number of Topliss-reactive ketones (excluding diaryl/α,β-unsaturated/α-hetero) is 1. The van der Waals surface area contributed by atoms with E-state index in [0.29, 0.717) is 41.9 Å². The summed E-state index contributed by atoms with van der Waals surface area (Å²) in [6.07, 6.45) is 1.29. The maximum atomic E-state index is 12.3. The van der Waals surface area contributed by atoms with Gasteiger partial charge >= 0.3 is 0 Å². The second-order valence-electron chi connectivity index (χ2n) is 7.37. The van der Waals surface area contributed by atoms with Crippen LogP contribution in [0.2, 0.25) is 10.0 Å². The molecule has 1 aliphatic carbocycles. The zero-order chi connectivity index (χ0) is 21.1. The zero-order valence-corrected chi connectivity index (χ0v) is 18.7. The number of carbonyl (C=O) groups excluding carboxylic acids is 2. The van der Waals surface area contributed by atoms with Crippen LogP contribution < -0.4 is 10.2 Å². The Kier molecular flexibility index (Phi) is 6.88. The number of benzene rings is 2. The molecular formula is C22H22Cl2N2O3S. The zero-order valence-electron chi connectivity index (χ0n) is 16.3. The van der Waals surface area contributed by atoms with Crippen molar-refractivity contribution < 1.29 is 14.3 Å². The third-order valence-corrected chi connectivity index (χ3v) is 7.04. The highest BCUT2D eigenvalue weighted by atomic mass is 35.5. The summed E-state index contributed by atoms with van der Waals surface area (Å²) in [5.74, 6) is 0.504. The van der Waals surface area contributed by atoms with Crippen molar-refractivity contribution in [3.05, 3.63) is 57.6 Å². The van der Waals surface area contributed by atoms with E-state index in [1.165, 1.54) is 11.8 Å². The molecule has 1 atom stereocenters. The molecule has 2 aliphatic rings. The Morgan fingerprint density at radius 1 is 1.17 bits per heavy atom. The first-order valence-electron chi connectivity index (χ1n) is 9.87. The molecule has 2 aromatic rings. The van der Waals surface area contributed by atoms with Gasteiger partial charge in [-0.25, -0.2) is 0 Å². The summed E-state index contributed by atoms with van der Waals surface area (Å²) in [6.45, 7) is 2.47. The smallest absolute Gasteiger partial charge is 0.230 e. The van der Waals surface area contributed by atoms with Crippen LogP contribution in [0.25, 0.3) is 0 Å². The van der Waals surface area contributed by atoms with E-state index in [1.807, 2.05) is 30.3 Å². The van der Waals surface area contributed by atoms with Crippen molar-refractivity contribution in [2.24, 2.45) is 0 Å². The van der Waals surface area contributed by atoms with Gasteiger partial charge < -0.3 is 15.0 Å². The predicted molar refractivity (Wildman–Crippen MR) is 121 cm³/mol. The summed E-state index contributed by atoms with van der Waals surface area (Å²) >= 11 is 13.6. The van der Waals surface area contributed by atoms with E-state index in [9.17, 15) is 9.59 Å². The number of ether oxygens (including phenoxy) is 1. The minimum atomic E-state index is -0.0897. The molecule has 4 rings (SSSR count). The molecule has 1 fully saturated rings. The van der Waals surface area contributed by atoms with E-state index >= 15 is 0 Å². The quantitative estimate of drug-likeness (QED) is 0.647. The van der Waals surface area contributed by atoms with E-state index in [0.717, 1.165) is 34.7 Å². The SMILES string of the molecule is O=C(CSc1ccc2c(c1)CCC2=O)NCC1CN(c2ccc(Cl)c(Cl)c2)CCO1. The first-order valence-corrected chi connectivity index (χ1v) is 11.6. The summed E-state index contributed by atoms with van der Waals surface area (Å²) in [7, 11) is 0. The molecule has 30 heavy (non-hydrogen) atoms. The molecule has 0 aromatic heterocycles. The van der Waals surface area contributed by atoms with Crippen molar-refractivity contribution in [1.82, 2.24) is 5.32 Å². The highest BCUT2D eigenvalue weighted by Crippen LogP contribution is 2.29. The molecule has 2 aromatic carbocycles. The second-order valence-corrected chi connectivity index (χ2v) is 9.24. The molecular weight excluding hydrogens is 443 g/mol. The van der Waals surface area contributed by atoms with Crippen molar-refractivity contribution in [2.75, 3.05) is 36.9 Å². The second kappa shape index (κ2) is 9.60. The molecule has 5 nitrogen and oxygen atoms in total. The largest absolute Gasteiger partial charge is 0.373 e. The number of aryl methyl sites for hydroxylation is 1. The molecule has 1 N–H and O–H groups in total. The molecule has 1 amide bonds. The van der Waals surface area contributed by atoms with E-state index in [-0.39, 0.29) is 17.8 Å². The van der Waals surface area contributed by atoms with Crippen LogP contribution in [0.15, 0.2) is 41.3 Å². The molecule has 1 aliphatic heterocycles. The summed E-state index contributed by atoms with van der Waals surface area (Å²) in [4.78, 5) is 27.2. The topological polar surface area (TPSA) is 58.6 Å². The molecule has 1 unspecified atom stereocenters. The van der Waals surface area contributed by atoms with Gasteiger partial charge in [-0.2, -0.15) is 0 Å². The van der Waals surface area contributed by atoms with Gasteiger partial charge in [0.05, 0.1) is 28.5 Å². The molecule has 0 radical (unpaired) electrons. The normalized spacial score (nSPS) is 18.4. The fraction of sp³-hybridized carbons (Fsp3) is 0.364. The monoisotopic (exact) mass is 464 g/mol. The van der Waals surface area contributed by atoms with Crippen LogP contribution in [0.5, 0.6) is 0 Å². The van der Waals surface area contributed by atoms with Crippen LogP contribution in [-0.4, -0.2) is 49.8 Å². The Morgan fingerprint density at radius 2 is 2.03 bits per heavy atom. The number of rotatable bonds is 6. The Bertz CT molecular complexity index is 969. The lowest BCUT2D eigenvalue weighted by Gasteiger charge is -2.34. The number of morpholine rings is 1. The molecule has 0 saturated carbocycles. The standard InChI is InChI=1S/C22H22Cl2N2O3S/c23-19-5-2-15(10-20(19)24)26-7-8-29-16(12-26)11-25-22(28)13-30-17-3-4-18-14(9-17)1-6-21(18)27/h2-5,9-10,16H,1,6-8,11-13H2,(H,25,28). The lowest BCUT2D eigenvalue weighted by Crippen LogP contribution is -2.47. The highest BCUT2D eigenvalue weighted by Gasteiger charge is 2.22. The fourth-order valence-electron chi connectivity index (χ4n) is 3.71. The van der Waals surface area contributed by atoms with E-state index in [2.05, 4.69) is 10.2 Å².